The van der Waals surface area contributed by atoms with E-state index in [-0.39, 0.29) is 27.3 Å². The number of alkyl halides is 6. The molecule has 5 aromatic rings. The van der Waals surface area contributed by atoms with Gasteiger partial charge in [-0.2, -0.15) is 26.3 Å². The van der Waals surface area contributed by atoms with Crippen molar-refractivity contribution in [2.75, 3.05) is 0 Å². The molecule has 0 N–H and O–H groups in total. The zero-order valence-corrected chi connectivity index (χ0v) is 23.9. The third kappa shape index (κ3) is 5.63. The van der Waals surface area contributed by atoms with Crippen LogP contribution < -0.4 is 0 Å². The molecule has 5 rings (SSSR count). The standard InChI is InChI=1S/C36H24ClF6N/c1-21(13-14-22(2)35(38,39)40)23(3)34(32(24(4)37)26-15-18-27(19-16-26)36(41,42)43)44-30-12-8-7-11-29(30)33-28-10-6-5-9-25(28)17-20-31(33)44/h5-20H,1-4H2. The quantitative estimate of drug-likeness (QED) is 0.126. The Labute approximate surface area is 254 Å². The van der Waals surface area contributed by atoms with Crippen molar-refractivity contribution in [1.82, 2.24) is 4.57 Å². The topological polar surface area (TPSA) is 4.93 Å². The van der Waals surface area contributed by atoms with Gasteiger partial charge in [-0.3, -0.25) is 0 Å². The molecule has 0 saturated heterocycles. The molecule has 0 spiro atoms. The second-order valence-electron chi connectivity index (χ2n) is 10.1. The number of aromatic nitrogens is 1. The Morgan fingerprint density at radius 1 is 0.682 bits per heavy atom. The maximum absolute atomic E-state index is 13.4. The van der Waals surface area contributed by atoms with Crippen molar-refractivity contribution >= 4 is 55.4 Å². The van der Waals surface area contributed by atoms with Crippen LogP contribution in [0.1, 0.15) is 11.1 Å². The summed E-state index contributed by atoms with van der Waals surface area (Å²) in [5.41, 5.74) is 0.533. The minimum Gasteiger partial charge on any atom is -0.308 e. The molecule has 0 aliphatic carbocycles. The number of para-hydroxylation sites is 1. The van der Waals surface area contributed by atoms with E-state index in [2.05, 4.69) is 26.3 Å². The molecule has 0 bridgehead atoms. The lowest BCUT2D eigenvalue weighted by Crippen LogP contribution is -2.09. The van der Waals surface area contributed by atoms with E-state index in [1.807, 2.05) is 65.2 Å². The third-order valence-electron chi connectivity index (χ3n) is 7.32. The van der Waals surface area contributed by atoms with E-state index in [0.717, 1.165) is 45.8 Å². The first-order chi connectivity index (χ1) is 20.7. The SMILES string of the molecule is C=C(Cl)C(=C(C(=C)C(=C)C=CC(=C)C(F)(F)F)n1c2ccccc2c2c3ccccc3ccc21)c1ccc(C(F)(F)F)cc1. The van der Waals surface area contributed by atoms with Crippen molar-refractivity contribution in [1.29, 1.82) is 0 Å². The zero-order chi connectivity index (χ0) is 32.0. The van der Waals surface area contributed by atoms with Crippen molar-refractivity contribution in [3.8, 4) is 0 Å². The van der Waals surface area contributed by atoms with Gasteiger partial charge in [-0.05, 0) is 51.7 Å². The Morgan fingerprint density at radius 2 is 1.30 bits per heavy atom. The van der Waals surface area contributed by atoms with Gasteiger partial charge in [-0.15, -0.1) is 0 Å². The molecule has 0 radical (unpaired) electrons. The normalized spacial score (nSPS) is 13.1. The molecule has 0 amide bonds. The molecule has 0 unspecified atom stereocenters. The second-order valence-corrected chi connectivity index (χ2v) is 10.6. The van der Waals surface area contributed by atoms with E-state index in [1.54, 1.807) is 0 Å². The summed E-state index contributed by atoms with van der Waals surface area (Å²) in [7, 11) is 0. The van der Waals surface area contributed by atoms with E-state index < -0.39 is 23.5 Å². The highest BCUT2D eigenvalue weighted by Gasteiger charge is 2.31. The lowest BCUT2D eigenvalue weighted by molar-refractivity contribution is -0.137. The number of rotatable bonds is 7. The van der Waals surface area contributed by atoms with Gasteiger partial charge in [-0.25, -0.2) is 0 Å². The molecular formula is C36H24ClF6N. The van der Waals surface area contributed by atoms with Gasteiger partial charge in [0.1, 0.15) is 0 Å². The Kier molecular flexibility index (Phi) is 7.95. The molecule has 0 aliphatic rings. The maximum atomic E-state index is 13.4. The molecule has 1 nitrogen and oxygen atoms in total. The van der Waals surface area contributed by atoms with Crippen LogP contribution in [-0.2, 0) is 6.18 Å². The van der Waals surface area contributed by atoms with Crippen molar-refractivity contribution in [2.45, 2.75) is 12.4 Å². The number of allylic oxidation sites excluding steroid dienone is 8. The van der Waals surface area contributed by atoms with Crippen LogP contribution in [-0.4, -0.2) is 10.7 Å². The van der Waals surface area contributed by atoms with Gasteiger partial charge in [0.25, 0.3) is 0 Å². The van der Waals surface area contributed by atoms with Crippen LogP contribution in [0.2, 0.25) is 0 Å². The average Bonchev–Trinajstić information content (AvgIpc) is 3.31. The fourth-order valence-electron chi connectivity index (χ4n) is 5.17. The van der Waals surface area contributed by atoms with Crippen LogP contribution in [0.4, 0.5) is 26.3 Å². The highest BCUT2D eigenvalue weighted by Crippen LogP contribution is 2.44. The first kappa shape index (κ1) is 30.7. The van der Waals surface area contributed by atoms with Crippen molar-refractivity contribution in [2.24, 2.45) is 0 Å². The Bertz CT molecular complexity index is 2050. The van der Waals surface area contributed by atoms with Crippen LogP contribution in [0, 0.1) is 0 Å². The summed E-state index contributed by atoms with van der Waals surface area (Å²) in [5, 5.41) is 3.66. The summed E-state index contributed by atoms with van der Waals surface area (Å²) in [4.78, 5) is 0. The van der Waals surface area contributed by atoms with Gasteiger partial charge in [0.2, 0.25) is 0 Å². The van der Waals surface area contributed by atoms with Gasteiger partial charge >= 0.3 is 12.4 Å². The van der Waals surface area contributed by atoms with E-state index in [9.17, 15) is 26.3 Å². The minimum atomic E-state index is -4.65. The van der Waals surface area contributed by atoms with E-state index in [0.29, 0.717) is 16.7 Å². The van der Waals surface area contributed by atoms with Crippen LogP contribution in [0.15, 0.2) is 145 Å². The van der Waals surface area contributed by atoms with Gasteiger partial charge in [0, 0.05) is 27.0 Å². The van der Waals surface area contributed by atoms with Crippen LogP contribution in [0.3, 0.4) is 0 Å². The Morgan fingerprint density at radius 3 is 1.91 bits per heavy atom. The summed E-state index contributed by atoms with van der Waals surface area (Å²) in [6.07, 6.45) is -7.29. The molecule has 1 heterocycles. The molecule has 0 fully saturated rings. The van der Waals surface area contributed by atoms with Crippen molar-refractivity contribution in [3.63, 3.8) is 0 Å². The highest BCUT2D eigenvalue weighted by atomic mass is 35.5. The summed E-state index contributed by atoms with van der Waals surface area (Å²) in [6, 6.07) is 23.5. The van der Waals surface area contributed by atoms with E-state index in [1.165, 1.54) is 12.1 Å². The molecule has 8 heteroatoms. The van der Waals surface area contributed by atoms with Gasteiger partial charge in [0.05, 0.1) is 22.3 Å². The Hall–Kier alpha value is -4.75. The highest BCUT2D eigenvalue weighted by molar-refractivity contribution is 6.38. The number of halogens is 7. The molecule has 0 aliphatic heterocycles. The van der Waals surface area contributed by atoms with Crippen molar-refractivity contribution in [3.05, 3.63) is 156 Å². The average molecular weight is 620 g/mol. The number of hydrogen-bond donors (Lipinski definition) is 0. The fourth-order valence-corrected chi connectivity index (χ4v) is 5.37. The fraction of sp³-hybridized carbons (Fsp3) is 0.0556. The summed E-state index contributed by atoms with van der Waals surface area (Å²) >= 11 is 6.61. The lowest BCUT2D eigenvalue weighted by Gasteiger charge is -2.22. The minimum absolute atomic E-state index is 0.0240. The van der Waals surface area contributed by atoms with Gasteiger partial charge < -0.3 is 4.57 Å². The molecule has 44 heavy (non-hydrogen) atoms. The van der Waals surface area contributed by atoms with Crippen molar-refractivity contribution < 1.29 is 26.3 Å². The summed E-state index contributed by atoms with van der Waals surface area (Å²) in [6.45, 7) is 15.1. The largest absolute Gasteiger partial charge is 0.416 e. The smallest absolute Gasteiger partial charge is 0.308 e. The van der Waals surface area contributed by atoms with Gasteiger partial charge in [0.15, 0.2) is 0 Å². The van der Waals surface area contributed by atoms with Crippen LogP contribution in [0.25, 0.3) is 43.8 Å². The van der Waals surface area contributed by atoms with E-state index >= 15 is 0 Å². The van der Waals surface area contributed by atoms with Gasteiger partial charge in [-0.1, -0.05) is 111 Å². The van der Waals surface area contributed by atoms with Crippen LogP contribution in [0.5, 0.6) is 0 Å². The second kappa shape index (κ2) is 11.4. The zero-order valence-electron chi connectivity index (χ0n) is 23.2. The molecule has 0 atom stereocenters. The summed E-state index contributed by atoms with van der Waals surface area (Å²) in [5.74, 6) is 0. The number of nitrogens with zero attached hydrogens (tertiary/aromatic N) is 1. The van der Waals surface area contributed by atoms with E-state index in [4.69, 9.17) is 11.6 Å². The molecular weight excluding hydrogens is 596 g/mol. The van der Waals surface area contributed by atoms with Crippen LogP contribution >= 0.6 is 11.6 Å². The Balaban J connectivity index is 1.88. The first-order valence-electron chi connectivity index (χ1n) is 13.2. The monoisotopic (exact) mass is 619 g/mol. The molecule has 0 saturated carbocycles. The molecule has 1 aromatic heterocycles. The lowest BCUT2D eigenvalue weighted by atomic mass is 9.94. The third-order valence-corrected chi connectivity index (χ3v) is 7.51. The molecule has 4 aromatic carbocycles. The predicted octanol–water partition coefficient (Wildman–Crippen LogP) is 11.9. The maximum Gasteiger partial charge on any atom is 0.416 e. The number of fused-ring (bicyclic) bond motifs is 5. The predicted molar refractivity (Wildman–Crippen MR) is 169 cm³/mol. The number of benzene rings is 4. The molecule has 222 valence electrons. The number of hydrogen-bond acceptors (Lipinski definition) is 0. The first-order valence-corrected chi connectivity index (χ1v) is 13.6. The summed E-state index contributed by atoms with van der Waals surface area (Å²) < 4.78 is 81.7.